The lowest BCUT2D eigenvalue weighted by atomic mass is 10.0. The van der Waals surface area contributed by atoms with Crippen molar-refractivity contribution in [3.8, 4) is 11.6 Å². The van der Waals surface area contributed by atoms with Crippen molar-refractivity contribution in [3.05, 3.63) is 52.1 Å². The molecule has 1 aromatic carbocycles. The molecule has 0 aliphatic rings. The Morgan fingerprint density at radius 2 is 2.10 bits per heavy atom. The topological polar surface area (TPSA) is 34.2 Å². The maximum absolute atomic E-state index is 6.08. The first-order chi connectivity index (χ1) is 10.1. The monoisotopic (exact) mass is 348 g/mol. The van der Waals surface area contributed by atoms with Gasteiger partial charge in [-0.25, -0.2) is 4.98 Å². The molecule has 112 valence electrons. The van der Waals surface area contributed by atoms with E-state index in [0.717, 1.165) is 28.9 Å². The van der Waals surface area contributed by atoms with E-state index in [1.54, 1.807) is 6.20 Å². The maximum atomic E-state index is 6.08. The standard InChI is InChI=1S/C17H21BrN2O/c1-4-19-11-13-6-5-9-20-17(13)21-16-8-7-14(18)10-15(16)12(2)3/h5-10,12,19H,4,11H2,1-3H3. The second kappa shape index (κ2) is 7.57. The predicted octanol–water partition coefficient (Wildman–Crippen LogP) is 4.87. The third-order valence-electron chi connectivity index (χ3n) is 3.22. The van der Waals surface area contributed by atoms with E-state index in [0.29, 0.717) is 11.8 Å². The minimum atomic E-state index is 0.387. The van der Waals surface area contributed by atoms with Crippen LogP contribution in [0.15, 0.2) is 41.0 Å². The second-order valence-corrected chi connectivity index (χ2v) is 6.10. The van der Waals surface area contributed by atoms with E-state index >= 15 is 0 Å². The zero-order chi connectivity index (χ0) is 15.2. The van der Waals surface area contributed by atoms with E-state index in [4.69, 9.17) is 4.74 Å². The second-order valence-electron chi connectivity index (χ2n) is 5.19. The number of halogens is 1. The predicted molar refractivity (Wildman–Crippen MR) is 89.9 cm³/mol. The highest BCUT2D eigenvalue weighted by Gasteiger charge is 2.12. The first-order valence-electron chi connectivity index (χ1n) is 7.23. The van der Waals surface area contributed by atoms with Gasteiger partial charge in [0, 0.05) is 22.8 Å². The molecule has 3 nitrogen and oxygen atoms in total. The number of nitrogens with one attached hydrogen (secondary N) is 1. The number of hydrogen-bond acceptors (Lipinski definition) is 3. The Kier molecular flexibility index (Phi) is 5.76. The van der Waals surface area contributed by atoms with E-state index in [2.05, 4.69) is 53.1 Å². The SMILES string of the molecule is CCNCc1cccnc1Oc1ccc(Br)cc1C(C)C. The summed E-state index contributed by atoms with van der Waals surface area (Å²) in [7, 11) is 0. The van der Waals surface area contributed by atoms with Gasteiger partial charge in [0.15, 0.2) is 0 Å². The summed E-state index contributed by atoms with van der Waals surface area (Å²) in [4.78, 5) is 4.38. The lowest BCUT2D eigenvalue weighted by Gasteiger charge is -2.15. The van der Waals surface area contributed by atoms with Crippen molar-refractivity contribution in [1.29, 1.82) is 0 Å². The molecule has 0 aliphatic heterocycles. The Balaban J connectivity index is 2.30. The highest BCUT2D eigenvalue weighted by atomic mass is 79.9. The van der Waals surface area contributed by atoms with Crippen molar-refractivity contribution in [2.24, 2.45) is 0 Å². The van der Waals surface area contributed by atoms with E-state index in [-0.39, 0.29) is 0 Å². The molecular weight excluding hydrogens is 328 g/mol. The van der Waals surface area contributed by atoms with E-state index < -0.39 is 0 Å². The summed E-state index contributed by atoms with van der Waals surface area (Å²) in [5, 5.41) is 3.31. The van der Waals surface area contributed by atoms with Crippen LogP contribution in [-0.4, -0.2) is 11.5 Å². The number of ether oxygens (including phenoxy) is 1. The molecule has 21 heavy (non-hydrogen) atoms. The van der Waals surface area contributed by atoms with Crippen LogP contribution >= 0.6 is 15.9 Å². The van der Waals surface area contributed by atoms with Crippen LogP contribution in [0.3, 0.4) is 0 Å². The quantitative estimate of drug-likeness (QED) is 0.808. The molecule has 2 aromatic rings. The molecule has 0 spiro atoms. The molecule has 0 unspecified atom stereocenters. The van der Waals surface area contributed by atoms with Crippen molar-refractivity contribution in [1.82, 2.24) is 10.3 Å². The van der Waals surface area contributed by atoms with Gasteiger partial charge in [-0.3, -0.25) is 0 Å². The van der Waals surface area contributed by atoms with Crippen LogP contribution in [-0.2, 0) is 6.54 Å². The van der Waals surface area contributed by atoms with Gasteiger partial charge in [0.2, 0.25) is 5.88 Å². The van der Waals surface area contributed by atoms with E-state index in [1.807, 2.05) is 24.3 Å². The number of hydrogen-bond donors (Lipinski definition) is 1. The molecule has 1 aromatic heterocycles. The summed E-state index contributed by atoms with van der Waals surface area (Å²) in [6.07, 6.45) is 1.76. The van der Waals surface area contributed by atoms with Crippen molar-refractivity contribution in [2.75, 3.05) is 6.54 Å². The summed E-state index contributed by atoms with van der Waals surface area (Å²) >= 11 is 3.52. The molecule has 1 heterocycles. The normalized spacial score (nSPS) is 10.9. The highest BCUT2D eigenvalue weighted by molar-refractivity contribution is 9.10. The van der Waals surface area contributed by atoms with Gasteiger partial charge >= 0.3 is 0 Å². The Labute approximate surface area is 134 Å². The average molecular weight is 349 g/mol. The minimum absolute atomic E-state index is 0.387. The smallest absolute Gasteiger partial charge is 0.223 e. The van der Waals surface area contributed by atoms with Crippen molar-refractivity contribution >= 4 is 15.9 Å². The Morgan fingerprint density at radius 1 is 1.29 bits per heavy atom. The van der Waals surface area contributed by atoms with Crippen LogP contribution in [0, 0.1) is 0 Å². The lowest BCUT2D eigenvalue weighted by molar-refractivity contribution is 0.445. The average Bonchev–Trinajstić information content (AvgIpc) is 2.48. The Bertz CT molecular complexity index is 599. The molecule has 0 saturated heterocycles. The Morgan fingerprint density at radius 3 is 2.81 bits per heavy atom. The van der Waals surface area contributed by atoms with Crippen molar-refractivity contribution < 1.29 is 4.74 Å². The number of nitrogens with zero attached hydrogens (tertiary/aromatic N) is 1. The highest BCUT2D eigenvalue weighted by Crippen LogP contribution is 2.33. The number of aromatic nitrogens is 1. The van der Waals surface area contributed by atoms with Gasteiger partial charge in [-0.15, -0.1) is 0 Å². The zero-order valence-corrected chi connectivity index (χ0v) is 14.3. The van der Waals surface area contributed by atoms with Gasteiger partial charge in [0.25, 0.3) is 0 Å². The third kappa shape index (κ3) is 4.29. The summed E-state index contributed by atoms with van der Waals surface area (Å²) in [6.45, 7) is 8.08. The summed E-state index contributed by atoms with van der Waals surface area (Å²) in [6, 6.07) is 10.1. The number of pyridine rings is 1. The molecule has 2 rings (SSSR count). The molecule has 0 atom stereocenters. The van der Waals surface area contributed by atoms with Gasteiger partial charge in [0.05, 0.1) is 0 Å². The fraction of sp³-hybridized carbons (Fsp3) is 0.353. The summed E-state index contributed by atoms with van der Waals surface area (Å²) in [5.74, 6) is 1.92. The third-order valence-corrected chi connectivity index (χ3v) is 3.71. The molecule has 0 saturated carbocycles. The largest absolute Gasteiger partial charge is 0.438 e. The molecule has 0 radical (unpaired) electrons. The first-order valence-corrected chi connectivity index (χ1v) is 8.03. The van der Waals surface area contributed by atoms with Gasteiger partial charge in [-0.1, -0.05) is 42.8 Å². The van der Waals surface area contributed by atoms with Gasteiger partial charge in [-0.05, 0) is 42.3 Å². The fourth-order valence-corrected chi connectivity index (χ4v) is 2.46. The van der Waals surface area contributed by atoms with Crippen LogP contribution in [0.25, 0.3) is 0 Å². The molecular formula is C17H21BrN2O. The van der Waals surface area contributed by atoms with Crippen LogP contribution in [0.1, 0.15) is 37.8 Å². The van der Waals surface area contributed by atoms with Gasteiger partial charge in [-0.2, -0.15) is 0 Å². The molecule has 0 aliphatic carbocycles. The van der Waals surface area contributed by atoms with E-state index in [1.165, 1.54) is 5.56 Å². The van der Waals surface area contributed by atoms with Crippen LogP contribution in [0.4, 0.5) is 0 Å². The summed E-state index contributed by atoms with van der Waals surface area (Å²) in [5.41, 5.74) is 2.24. The Hall–Kier alpha value is -1.39. The molecule has 1 N–H and O–H groups in total. The van der Waals surface area contributed by atoms with Crippen molar-refractivity contribution in [3.63, 3.8) is 0 Å². The van der Waals surface area contributed by atoms with Gasteiger partial charge < -0.3 is 10.1 Å². The molecule has 0 bridgehead atoms. The number of rotatable bonds is 6. The lowest BCUT2D eigenvalue weighted by Crippen LogP contribution is -2.12. The number of benzene rings is 1. The molecule has 4 heteroatoms. The van der Waals surface area contributed by atoms with Crippen LogP contribution < -0.4 is 10.1 Å². The van der Waals surface area contributed by atoms with Crippen LogP contribution in [0.5, 0.6) is 11.6 Å². The van der Waals surface area contributed by atoms with Crippen molar-refractivity contribution in [2.45, 2.75) is 33.2 Å². The fourth-order valence-electron chi connectivity index (χ4n) is 2.08. The molecule has 0 fully saturated rings. The first kappa shape index (κ1) is 16.0. The minimum Gasteiger partial charge on any atom is -0.438 e. The zero-order valence-electron chi connectivity index (χ0n) is 12.7. The van der Waals surface area contributed by atoms with Gasteiger partial charge in [0.1, 0.15) is 5.75 Å². The van der Waals surface area contributed by atoms with Crippen LogP contribution in [0.2, 0.25) is 0 Å². The summed E-state index contributed by atoms with van der Waals surface area (Å²) < 4.78 is 7.14. The maximum Gasteiger partial charge on any atom is 0.223 e. The van der Waals surface area contributed by atoms with E-state index in [9.17, 15) is 0 Å². The molecule has 0 amide bonds.